The van der Waals surface area contributed by atoms with Crippen molar-refractivity contribution in [2.45, 2.75) is 12.5 Å². The van der Waals surface area contributed by atoms with E-state index in [0.29, 0.717) is 5.57 Å². The number of alkyl halides is 1. The normalized spacial score (nSPS) is 14.7. The third kappa shape index (κ3) is 5.05. The van der Waals surface area contributed by atoms with Gasteiger partial charge in [0, 0.05) is 10.7 Å². The Morgan fingerprint density at radius 1 is 1.70 bits per heavy atom. The average Bonchev–Trinajstić information content (AvgIpc) is 1.60. The summed E-state index contributed by atoms with van der Waals surface area (Å²) < 4.78 is 24.4. The molecule has 3 nitrogen and oxygen atoms in total. The Hall–Kier alpha value is 0.230. The second kappa shape index (κ2) is 3.57. The molecule has 1 atom stereocenters. The Morgan fingerprint density at radius 3 is 2.20 bits per heavy atom. The van der Waals surface area contributed by atoms with Crippen LogP contribution in [-0.2, 0) is 13.5 Å². The lowest BCUT2D eigenvalue weighted by atomic mass is 10.4. The van der Waals surface area contributed by atoms with Crippen LogP contribution in [0.5, 0.6) is 0 Å². The van der Waals surface area contributed by atoms with Crippen molar-refractivity contribution in [3.05, 3.63) is 12.2 Å². The molecule has 0 heterocycles. The predicted molar refractivity (Wildman–Crippen MR) is 40.3 cm³/mol. The molecule has 0 aromatic carbocycles. The van der Waals surface area contributed by atoms with Crippen molar-refractivity contribution in [1.82, 2.24) is 0 Å². The highest BCUT2D eigenvalue weighted by molar-refractivity contribution is 8.10. The summed E-state index contributed by atoms with van der Waals surface area (Å²) in [6, 6.07) is 0. The van der Waals surface area contributed by atoms with Gasteiger partial charge in [0.15, 0.2) is 5.56 Å². The van der Waals surface area contributed by atoms with Crippen molar-refractivity contribution in [2.24, 2.45) is 0 Å². The summed E-state index contributed by atoms with van der Waals surface area (Å²) in [5.74, 6) is 0. The highest BCUT2D eigenvalue weighted by atomic mass is 35.7. The van der Waals surface area contributed by atoms with Gasteiger partial charge in [-0.2, -0.15) is 8.42 Å². The smallest absolute Gasteiger partial charge is 0.234 e. The molecule has 0 radical (unpaired) electrons. The highest BCUT2D eigenvalue weighted by Gasteiger charge is 2.14. The van der Waals surface area contributed by atoms with Gasteiger partial charge in [-0.05, 0) is 12.5 Å². The third-order valence-electron chi connectivity index (χ3n) is 0.587. The molecule has 0 aromatic rings. The van der Waals surface area contributed by atoms with Crippen molar-refractivity contribution in [3.8, 4) is 0 Å². The Balaban J connectivity index is 4.06. The summed E-state index contributed by atoms with van der Waals surface area (Å²) in [6.45, 7) is 4.89. The summed E-state index contributed by atoms with van der Waals surface area (Å²) in [6.07, 6.45) is 0. The van der Waals surface area contributed by atoms with Crippen molar-refractivity contribution in [3.63, 3.8) is 0 Å². The first-order valence-corrected chi connectivity index (χ1v) is 4.92. The van der Waals surface area contributed by atoms with E-state index in [1.807, 2.05) is 0 Å². The van der Waals surface area contributed by atoms with Gasteiger partial charge in [-0.3, -0.25) is 0 Å². The van der Waals surface area contributed by atoms with Gasteiger partial charge in [-0.1, -0.05) is 18.2 Å². The molecule has 0 aliphatic carbocycles. The van der Waals surface area contributed by atoms with Gasteiger partial charge in [0.05, 0.1) is 0 Å². The van der Waals surface area contributed by atoms with E-state index in [-0.39, 0.29) is 0 Å². The minimum Gasteiger partial charge on any atom is -0.234 e. The molecule has 6 heteroatoms. The molecule has 60 valence electrons. The van der Waals surface area contributed by atoms with Crippen molar-refractivity contribution in [1.29, 1.82) is 0 Å². The molecule has 0 N–H and O–H groups in total. The summed E-state index contributed by atoms with van der Waals surface area (Å²) in [5, 5.41) is 0. The molecule has 0 aromatic heterocycles. The lowest BCUT2D eigenvalue weighted by molar-refractivity contribution is 0.326. The van der Waals surface area contributed by atoms with E-state index in [0.717, 1.165) is 0 Å². The van der Waals surface area contributed by atoms with E-state index in [2.05, 4.69) is 10.8 Å². The quantitative estimate of drug-likeness (QED) is 0.399. The molecule has 0 bridgehead atoms. The zero-order valence-corrected chi connectivity index (χ0v) is 7.50. The average molecular weight is 205 g/mol. The van der Waals surface area contributed by atoms with E-state index in [1.165, 1.54) is 6.92 Å². The monoisotopic (exact) mass is 204 g/mol. The van der Waals surface area contributed by atoms with Gasteiger partial charge in [-0.25, -0.2) is 4.18 Å². The minimum absolute atomic E-state index is 0.380. The Morgan fingerprint density at radius 2 is 2.10 bits per heavy atom. The molecule has 0 aliphatic heterocycles. The number of rotatable bonds is 3. The van der Waals surface area contributed by atoms with Crippen LogP contribution >= 0.6 is 22.3 Å². The van der Waals surface area contributed by atoms with E-state index < -0.39 is 14.9 Å². The molecule has 0 aliphatic rings. The molecule has 10 heavy (non-hydrogen) atoms. The lowest BCUT2D eigenvalue weighted by Gasteiger charge is -2.05. The van der Waals surface area contributed by atoms with Crippen molar-refractivity contribution >= 4 is 31.6 Å². The summed E-state index contributed by atoms with van der Waals surface area (Å²) >= 11 is 5.31. The number of hydrogen-bond acceptors (Lipinski definition) is 3. The van der Waals surface area contributed by atoms with Gasteiger partial charge in [0.25, 0.3) is 0 Å². The molecule has 0 saturated heterocycles. The number of halogens is 2. The molecule has 0 saturated carbocycles. The molecular formula is C4H6Cl2O3S. The van der Waals surface area contributed by atoms with Crippen molar-refractivity contribution < 1.29 is 12.6 Å². The largest absolute Gasteiger partial charge is 0.357 e. The van der Waals surface area contributed by atoms with Crippen LogP contribution in [0.25, 0.3) is 0 Å². The van der Waals surface area contributed by atoms with E-state index in [9.17, 15) is 8.42 Å². The first kappa shape index (κ1) is 10.2. The second-order valence-corrected chi connectivity index (χ2v) is 4.16. The van der Waals surface area contributed by atoms with Crippen LogP contribution in [0.2, 0.25) is 0 Å². The van der Waals surface area contributed by atoms with Gasteiger partial charge < -0.3 is 0 Å². The summed E-state index contributed by atoms with van der Waals surface area (Å²) in [7, 11) is 0.708. The fraction of sp³-hybridized carbons (Fsp3) is 0.500. The minimum atomic E-state index is -3.99. The SMILES string of the molecule is C=C(C)C(Cl)OS(=O)(=O)Cl. The van der Waals surface area contributed by atoms with Crippen LogP contribution in [-0.4, -0.2) is 14.0 Å². The third-order valence-corrected chi connectivity index (χ3v) is 1.79. The lowest BCUT2D eigenvalue weighted by Crippen LogP contribution is -2.08. The topological polar surface area (TPSA) is 43.4 Å². The maximum atomic E-state index is 10.2. The molecular weight excluding hydrogens is 199 g/mol. The molecule has 0 fully saturated rings. The number of hydrogen-bond donors (Lipinski definition) is 0. The van der Waals surface area contributed by atoms with Crippen LogP contribution in [0.15, 0.2) is 12.2 Å². The summed E-state index contributed by atoms with van der Waals surface area (Å²) in [4.78, 5) is 0. The molecule has 0 amide bonds. The maximum absolute atomic E-state index is 10.2. The standard InChI is InChI=1S/C4H6Cl2O3S/c1-3(2)4(5)9-10(6,7)8/h4H,1H2,2H3. The van der Waals surface area contributed by atoms with Gasteiger partial charge in [0.1, 0.15) is 0 Å². The van der Waals surface area contributed by atoms with Gasteiger partial charge >= 0.3 is 9.33 Å². The second-order valence-electron chi connectivity index (χ2n) is 1.65. The van der Waals surface area contributed by atoms with Crippen LogP contribution in [0.3, 0.4) is 0 Å². The van der Waals surface area contributed by atoms with E-state index >= 15 is 0 Å². The molecule has 0 rings (SSSR count). The summed E-state index contributed by atoms with van der Waals surface area (Å²) in [5.41, 5.74) is -0.701. The van der Waals surface area contributed by atoms with Crippen LogP contribution in [0, 0.1) is 0 Å². The van der Waals surface area contributed by atoms with Crippen LogP contribution < -0.4 is 0 Å². The fourth-order valence-electron chi connectivity index (χ4n) is 0.183. The Labute approximate surface area is 69.2 Å². The first-order chi connectivity index (χ1) is 4.33. The van der Waals surface area contributed by atoms with Gasteiger partial charge in [-0.15, -0.1) is 0 Å². The Bertz CT molecular complexity index is 221. The zero-order chi connectivity index (χ0) is 8.36. The van der Waals surface area contributed by atoms with Crippen molar-refractivity contribution in [2.75, 3.05) is 0 Å². The molecule has 0 spiro atoms. The van der Waals surface area contributed by atoms with E-state index in [4.69, 9.17) is 22.3 Å². The van der Waals surface area contributed by atoms with Crippen LogP contribution in [0.1, 0.15) is 6.92 Å². The van der Waals surface area contributed by atoms with Gasteiger partial charge in [0.2, 0.25) is 0 Å². The van der Waals surface area contributed by atoms with E-state index in [1.54, 1.807) is 0 Å². The van der Waals surface area contributed by atoms with Crippen LogP contribution in [0.4, 0.5) is 0 Å². The highest BCUT2D eigenvalue weighted by Crippen LogP contribution is 2.13. The molecule has 1 unspecified atom stereocenters. The predicted octanol–water partition coefficient (Wildman–Crippen LogP) is 1.63. The zero-order valence-electron chi connectivity index (χ0n) is 5.17. The first-order valence-electron chi connectivity index (χ1n) is 2.25. The fourth-order valence-corrected chi connectivity index (χ4v) is 1.17. The maximum Gasteiger partial charge on any atom is 0.357 e. The Kier molecular flexibility index (Phi) is 3.65.